The monoisotopic (exact) mass is 451 g/mol. The lowest BCUT2D eigenvalue weighted by molar-refractivity contribution is 0.0954. The molecule has 3 N–H and O–H groups in total. The number of aromatic nitrogens is 2. The van der Waals surface area contributed by atoms with Crippen LogP contribution in [0.3, 0.4) is 0 Å². The van der Waals surface area contributed by atoms with E-state index >= 15 is 0 Å². The van der Waals surface area contributed by atoms with Gasteiger partial charge < -0.3 is 11.1 Å². The van der Waals surface area contributed by atoms with Crippen molar-refractivity contribution in [2.75, 3.05) is 5.75 Å². The number of carbonyl (C=O) groups excluding carboxylic acids is 1. The second kappa shape index (κ2) is 8.49. The van der Waals surface area contributed by atoms with E-state index in [4.69, 9.17) is 17.3 Å². The highest BCUT2D eigenvalue weighted by atomic mass is 35.5. The number of hydrogen-bond acceptors (Lipinski definition) is 7. The summed E-state index contributed by atoms with van der Waals surface area (Å²) in [5, 5.41) is 3.28. The number of aliphatic imine (C=N–C) groups is 1. The van der Waals surface area contributed by atoms with Gasteiger partial charge in [0.25, 0.3) is 5.91 Å². The normalized spacial score (nSPS) is 23.6. The summed E-state index contributed by atoms with van der Waals surface area (Å²) in [6.07, 6.45) is 7.94. The summed E-state index contributed by atoms with van der Waals surface area (Å²) in [7, 11) is -1.11. The molecular weight excluding hydrogens is 430 g/mol. The topological polar surface area (TPSA) is 110 Å². The first kappa shape index (κ1) is 20.4. The van der Waals surface area contributed by atoms with E-state index in [-0.39, 0.29) is 11.9 Å². The molecule has 0 bridgehead atoms. The zero-order valence-electron chi connectivity index (χ0n) is 15.8. The number of nitrogens with zero attached hydrogens (tertiary/aromatic N) is 3. The minimum Gasteiger partial charge on any atom is -0.386 e. The van der Waals surface area contributed by atoms with Crippen LogP contribution in [-0.4, -0.2) is 36.4 Å². The number of amidine groups is 1. The van der Waals surface area contributed by atoms with Gasteiger partial charge in [-0.1, -0.05) is 30.9 Å². The van der Waals surface area contributed by atoms with Crippen molar-refractivity contribution in [2.45, 2.75) is 49.4 Å². The number of halogens is 1. The fourth-order valence-electron chi connectivity index (χ4n) is 3.89. The molecule has 0 radical (unpaired) electrons. The van der Waals surface area contributed by atoms with Crippen molar-refractivity contribution in [3.63, 3.8) is 0 Å². The van der Waals surface area contributed by atoms with Gasteiger partial charge in [-0.3, -0.25) is 14.0 Å². The summed E-state index contributed by atoms with van der Waals surface area (Å²) in [4.78, 5) is 26.4. The van der Waals surface area contributed by atoms with Crippen molar-refractivity contribution in [1.29, 1.82) is 0 Å². The van der Waals surface area contributed by atoms with E-state index in [1.54, 1.807) is 18.3 Å². The van der Waals surface area contributed by atoms with Gasteiger partial charge in [0.1, 0.15) is 16.9 Å². The number of carbonyl (C=O) groups is 1. The Labute approximate surface area is 180 Å². The van der Waals surface area contributed by atoms with Crippen LogP contribution in [0.15, 0.2) is 29.6 Å². The maximum atomic E-state index is 13.1. The van der Waals surface area contributed by atoms with Gasteiger partial charge >= 0.3 is 0 Å². The van der Waals surface area contributed by atoms with Crippen LogP contribution in [0, 0.1) is 0 Å². The highest BCUT2D eigenvalue weighted by Gasteiger charge is 2.46. The number of thiophene rings is 1. The summed E-state index contributed by atoms with van der Waals surface area (Å²) in [6.45, 7) is 0.299. The Balaban J connectivity index is 1.51. The molecule has 29 heavy (non-hydrogen) atoms. The molecule has 3 heterocycles. The predicted molar refractivity (Wildman–Crippen MR) is 116 cm³/mol. The molecule has 0 aromatic carbocycles. The van der Waals surface area contributed by atoms with Crippen molar-refractivity contribution in [3.8, 4) is 0 Å². The summed E-state index contributed by atoms with van der Waals surface area (Å²) < 4.78 is 12.6. The van der Waals surface area contributed by atoms with Crippen molar-refractivity contribution in [1.82, 2.24) is 15.3 Å². The van der Waals surface area contributed by atoms with Crippen LogP contribution in [0.2, 0.25) is 5.02 Å². The molecule has 2 aromatic heterocycles. The molecule has 2 aromatic rings. The third-order valence-corrected chi connectivity index (χ3v) is 9.25. The van der Waals surface area contributed by atoms with Crippen molar-refractivity contribution < 1.29 is 9.00 Å². The van der Waals surface area contributed by atoms with E-state index in [1.165, 1.54) is 17.7 Å². The molecule has 7 nitrogen and oxygen atoms in total. The predicted octanol–water partition coefficient (Wildman–Crippen LogP) is 2.99. The molecule has 4 rings (SSSR count). The van der Waals surface area contributed by atoms with Crippen LogP contribution in [0.1, 0.15) is 58.4 Å². The number of hydrogen-bond donors (Lipinski definition) is 2. The van der Waals surface area contributed by atoms with Gasteiger partial charge in [-0.05, 0) is 25.0 Å². The SMILES string of the molecule is NC1=N[C@H](c2sc(C(=O)NCc3ccncn3)cc2Cl)CS(=O)C12CCCCC2. The molecule has 1 saturated carbocycles. The molecule has 2 aliphatic rings. The fourth-order valence-corrected chi connectivity index (χ4v) is 7.29. The molecule has 1 aliphatic carbocycles. The average molecular weight is 452 g/mol. The Bertz CT molecular complexity index is 957. The first-order valence-electron chi connectivity index (χ1n) is 9.54. The smallest absolute Gasteiger partial charge is 0.261 e. The van der Waals surface area contributed by atoms with Gasteiger partial charge in [-0.2, -0.15) is 0 Å². The molecule has 1 aliphatic heterocycles. The molecule has 1 spiro atoms. The van der Waals surface area contributed by atoms with Gasteiger partial charge in [0.2, 0.25) is 0 Å². The summed E-state index contributed by atoms with van der Waals surface area (Å²) in [5.74, 6) is 0.633. The Hall–Kier alpha value is -1.84. The Morgan fingerprint density at radius 1 is 1.38 bits per heavy atom. The Kier molecular flexibility index (Phi) is 5.98. The van der Waals surface area contributed by atoms with Gasteiger partial charge in [0.15, 0.2) is 0 Å². The summed E-state index contributed by atoms with van der Waals surface area (Å²) >= 11 is 7.69. The van der Waals surface area contributed by atoms with Crippen LogP contribution in [0.5, 0.6) is 0 Å². The first-order chi connectivity index (χ1) is 14.0. The van der Waals surface area contributed by atoms with E-state index < -0.39 is 15.5 Å². The fraction of sp³-hybridized carbons (Fsp3) is 0.474. The van der Waals surface area contributed by atoms with Crippen molar-refractivity contribution in [3.05, 3.63) is 45.1 Å². The second-order valence-corrected chi connectivity index (χ2v) is 10.6. The van der Waals surface area contributed by atoms with Crippen molar-refractivity contribution >= 4 is 45.5 Å². The highest BCUT2D eigenvalue weighted by molar-refractivity contribution is 7.87. The minimum atomic E-state index is -1.11. The average Bonchev–Trinajstić information content (AvgIpc) is 3.13. The summed E-state index contributed by atoms with van der Waals surface area (Å²) in [6, 6.07) is 3.00. The lowest BCUT2D eigenvalue weighted by Crippen LogP contribution is -2.53. The lowest BCUT2D eigenvalue weighted by atomic mass is 9.87. The molecule has 1 fully saturated rings. The molecule has 154 valence electrons. The lowest BCUT2D eigenvalue weighted by Gasteiger charge is -2.39. The second-order valence-electron chi connectivity index (χ2n) is 7.30. The van der Waals surface area contributed by atoms with Crippen LogP contribution < -0.4 is 11.1 Å². The van der Waals surface area contributed by atoms with E-state index in [0.717, 1.165) is 37.0 Å². The van der Waals surface area contributed by atoms with Crippen LogP contribution >= 0.6 is 22.9 Å². The Morgan fingerprint density at radius 2 is 2.17 bits per heavy atom. The number of nitrogens with two attached hydrogens (primary N) is 1. The maximum Gasteiger partial charge on any atom is 0.261 e. The van der Waals surface area contributed by atoms with Gasteiger partial charge in [0.05, 0.1) is 33.9 Å². The van der Waals surface area contributed by atoms with E-state index in [0.29, 0.717) is 33.7 Å². The van der Waals surface area contributed by atoms with E-state index in [9.17, 15) is 9.00 Å². The van der Waals surface area contributed by atoms with Gasteiger partial charge in [0, 0.05) is 21.9 Å². The standard InChI is InChI=1S/C19H22ClN5O2S2/c20-13-8-15(17(26)23-9-12-4-7-22-11-24-12)28-16(13)14-10-29(27)19(18(21)25-14)5-2-1-3-6-19/h4,7-8,11,14H,1-3,5-6,9-10H2,(H2,21,25)(H,23,26)/t14-,29?/m0/s1. The van der Waals surface area contributed by atoms with Crippen LogP contribution in [0.4, 0.5) is 0 Å². The van der Waals surface area contributed by atoms with Gasteiger partial charge in [-0.15, -0.1) is 11.3 Å². The zero-order chi connectivity index (χ0) is 20.4. The molecule has 10 heteroatoms. The Morgan fingerprint density at radius 3 is 2.86 bits per heavy atom. The number of amides is 1. The van der Waals surface area contributed by atoms with E-state index in [2.05, 4.69) is 20.3 Å². The molecule has 1 amide bonds. The van der Waals surface area contributed by atoms with Crippen LogP contribution in [-0.2, 0) is 17.3 Å². The maximum absolute atomic E-state index is 13.1. The number of nitrogens with one attached hydrogen (secondary N) is 1. The minimum absolute atomic E-state index is 0.237. The quantitative estimate of drug-likeness (QED) is 0.742. The van der Waals surface area contributed by atoms with Gasteiger partial charge in [-0.25, -0.2) is 9.97 Å². The molecule has 2 atom stereocenters. The number of rotatable bonds is 4. The molecular formula is C19H22ClN5O2S2. The largest absolute Gasteiger partial charge is 0.386 e. The zero-order valence-corrected chi connectivity index (χ0v) is 18.2. The third-order valence-electron chi connectivity index (χ3n) is 5.48. The van der Waals surface area contributed by atoms with E-state index in [1.807, 2.05) is 0 Å². The van der Waals surface area contributed by atoms with Crippen LogP contribution in [0.25, 0.3) is 0 Å². The third kappa shape index (κ3) is 4.08. The van der Waals surface area contributed by atoms with Crippen molar-refractivity contribution in [2.24, 2.45) is 10.7 Å². The highest BCUT2D eigenvalue weighted by Crippen LogP contribution is 2.42. The molecule has 1 unspecified atom stereocenters. The molecule has 0 saturated heterocycles. The first-order valence-corrected chi connectivity index (χ1v) is 12.1. The summed E-state index contributed by atoms with van der Waals surface area (Å²) in [5.41, 5.74) is 7.04.